The van der Waals surface area contributed by atoms with Crippen molar-refractivity contribution in [3.8, 4) is 5.69 Å². The van der Waals surface area contributed by atoms with E-state index < -0.39 is 11.6 Å². The highest BCUT2D eigenvalue weighted by atomic mass is 19.2. The molecule has 0 saturated carbocycles. The van der Waals surface area contributed by atoms with Gasteiger partial charge in [0.15, 0.2) is 11.6 Å². The Morgan fingerprint density at radius 3 is 2.69 bits per heavy atom. The van der Waals surface area contributed by atoms with E-state index in [0.717, 1.165) is 16.8 Å². The van der Waals surface area contributed by atoms with Crippen LogP contribution in [0.3, 0.4) is 0 Å². The zero-order chi connectivity index (χ0) is 9.26. The van der Waals surface area contributed by atoms with Crippen LogP contribution in [-0.4, -0.2) is 20.2 Å². The zero-order valence-electron chi connectivity index (χ0n) is 6.28. The van der Waals surface area contributed by atoms with Gasteiger partial charge in [0.05, 0.1) is 5.69 Å². The smallest absolute Gasteiger partial charge is 0.204 e. The molecule has 1 heterocycles. The number of hydrogen-bond acceptors (Lipinski definition) is 3. The lowest BCUT2D eigenvalue weighted by Gasteiger charge is -1.98. The molecule has 65 valence electrons. The highest BCUT2D eigenvalue weighted by Gasteiger charge is 2.04. The number of rotatable bonds is 1. The lowest BCUT2D eigenvalue weighted by molar-refractivity contribution is 0.507. The number of tetrazole rings is 1. The molecule has 4 nitrogen and oxygen atoms in total. The first kappa shape index (κ1) is 7.78. The minimum atomic E-state index is -0.943. The van der Waals surface area contributed by atoms with Crippen molar-refractivity contribution in [1.82, 2.24) is 20.2 Å². The Labute approximate surface area is 71.8 Å². The third-order valence-corrected chi connectivity index (χ3v) is 1.46. The Morgan fingerprint density at radius 2 is 2.08 bits per heavy atom. The van der Waals surface area contributed by atoms with Crippen LogP contribution in [0, 0.1) is 18.0 Å². The van der Waals surface area contributed by atoms with E-state index in [1.54, 1.807) is 0 Å². The van der Waals surface area contributed by atoms with E-state index in [-0.39, 0.29) is 0 Å². The third-order valence-electron chi connectivity index (χ3n) is 1.46. The molecule has 0 unspecified atom stereocenters. The van der Waals surface area contributed by atoms with E-state index in [1.165, 1.54) is 6.07 Å². The molecule has 0 N–H and O–H groups in total. The van der Waals surface area contributed by atoms with E-state index in [2.05, 4.69) is 21.9 Å². The van der Waals surface area contributed by atoms with Crippen molar-refractivity contribution in [2.75, 3.05) is 0 Å². The third kappa shape index (κ3) is 1.37. The highest BCUT2D eigenvalue weighted by molar-refractivity contribution is 5.30. The molecule has 13 heavy (non-hydrogen) atoms. The summed E-state index contributed by atoms with van der Waals surface area (Å²) in [5.41, 5.74) is 0.323. The number of hydrogen-bond donors (Lipinski definition) is 0. The van der Waals surface area contributed by atoms with Crippen molar-refractivity contribution in [1.29, 1.82) is 0 Å². The molecule has 6 heteroatoms. The summed E-state index contributed by atoms with van der Waals surface area (Å²) in [6.45, 7) is 0. The lowest BCUT2D eigenvalue weighted by Crippen LogP contribution is -1.97. The quantitative estimate of drug-likeness (QED) is 0.651. The van der Waals surface area contributed by atoms with Gasteiger partial charge >= 0.3 is 0 Å². The van der Waals surface area contributed by atoms with Crippen LogP contribution in [0.4, 0.5) is 8.78 Å². The summed E-state index contributed by atoms with van der Waals surface area (Å²) in [7, 11) is 0. The van der Waals surface area contributed by atoms with Gasteiger partial charge in [-0.1, -0.05) is 0 Å². The predicted octanol–water partition coefficient (Wildman–Crippen LogP) is 0.741. The Bertz CT molecular complexity index is 412. The number of benzene rings is 1. The van der Waals surface area contributed by atoms with Crippen LogP contribution in [0.25, 0.3) is 5.69 Å². The van der Waals surface area contributed by atoms with Crippen LogP contribution in [0.5, 0.6) is 0 Å². The summed E-state index contributed by atoms with van der Waals surface area (Å²) in [5.74, 6) is -1.85. The van der Waals surface area contributed by atoms with Gasteiger partial charge in [-0.05, 0) is 22.6 Å². The number of halogens is 2. The largest absolute Gasteiger partial charge is 0.226 e. The molecule has 0 aliphatic rings. The van der Waals surface area contributed by atoms with E-state index >= 15 is 0 Å². The Balaban J connectivity index is 2.49. The fourth-order valence-corrected chi connectivity index (χ4v) is 0.869. The summed E-state index contributed by atoms with van der Waals surface area (Å²) in [4.78, 5) is 0. The molecule has 2 aromatic rings. The highest BCUT2D eigenvalue weighted by Crippen LogP contribution is 2.10. The van der Waals surface area contributed by atoms with Crippen LogP contribution in [-0.2, 0) is 0 Å². The van der Waals surface area contributed by atoms with Gasteiger partial charge in [0, 0.05) is 6.07 Å². The van der Waals surface area contributed by atoms with Gasteiger partial charge in [0.25, 0.3) is 0 Å². The molecular weight excluding hydrogens is 178 g/mol. The predicted molar refractivity (Wildman–Crippen MR) is 37.9 cm³/mol. The standard InChI is InChI=1S/C7H3F2N4/c8-6-2-1-5(3-7(6)9)13-4-10-11-12-13/h1-3H. The van der Waals surface area contributed by atoms with Gasteiger partial charge in [0.1, 0.15) is 0 Å². The van der Waals surface area contributed by atoms with Crippen molar-refractivity contribution >= 4 is 0 Å². The van der Waals surface area contributed by atoms with Crippen molar-refractivity contribution in [2.24, 2.45) is 0 Å². The fraction of sp³-hybridized carbons (Fsp3) is 0. The van der Waals surface area contributed by atoms with Gasteiger partial charge in [0.2, 0.25) is 6.33 Å². The average Bonchev–Trinajstić information content (AvgIpc) is 2.62. The molecule has 1 aromatic carbocycles. The molecular formula is C7H3F2N4. The molecule has 0 saturated heterocycles. The molecule has 0 spiro atoms. The van der Waals surface area contributed by atoms with Crippen molar-refractivity contribution < 1.29 is 8.78 Å². The molecule has 0 aliphatic carbocycles. The molecule has 1 radical (unpaired) electrons. The van der Waals surface area contributed by atoms with Crippen LogP contribution < -0.4 is 0 Å². The summed E-state index contributed by atoms with van der Waals surface area (Å²) >= 11 is 0. The number of aromatic nitrogens is 4. The topological polar surface area (TPSA) is 43.6 Å². The van der Waals surface area contributed by atoms with Gasteiger partial charge in [-0.25, -0.2) is 8.78 Å². The SMILES string of the molecule is Fc1ccc(-n2[c]nnn2)cc1F. The van der Waals surface area contributed by atoms with Gasteiger partial charge in [-0.2, -0.15) is 4.68 Å². The molecule has 0 aliphatic heterocycles. The summed E-state index contributed by atoms with van der Waals surface area (Å²) in [5, 5.41) is 10.0. The van der Waals surface area contributed by atoms with Crippen LogP contribution >= 0.6 is 0 Å². The second-order valence-corrected chi connectivity index (χ2v) is 2.29. The summed E-state index contributed by atoms with van der Waals surface area (Å²) in [6, 6.07) is 3.34. The molecule has 0 atom stereocenters. The molecule has 1 aromatic heterocycles. The van der Waals surface area contributed by atoms with E-state index in [1.807, 2.05) is 0 Å². The summed E-state index contributed by atoms with van der Waals surface area (Å²) < 4.78 is 26.3. The maximum atomic E-state index is 12.7. The molecule has 0 fully saturated rings. The first-order chi connectivity index (χ1) is 6.27. The van der Waals surface area contributed by atoms with E-state index in [9.17, 15) is 8.78 Å². The Kier molecular flexibility index (Phi) is 1.73. The average molecular weight is 181 g/mol. The van der Waals surface area contributed by atoms with Crippen molar-refractivity contribution in [3.05, 3.63) is 36.2 Å². The lowest BCUT2D eigenvalue weighted by atomic mass is 10.3. The first-order valence-corrected chi connectivity index (χ1v) is 3.39. The van der Waals surface area contributed by atoms with Gasteiger partial charge < -0.3 is 0 Å². The second-order valence-electron chi connectivity index (χ2n) is 2.29. The van der Waals surface area contributed by atoms with Crippen molar-refractivity contribution in [3.63, 3.8) is 0 Å². The van der Waals surface area contributed by atoms with E-state index in [4.69, 9.17) is 0 Å². The maximum absolute atomic E-state index is 12.7. The fourth-order valence-electron chi connectivity index (χ4n) is 0.869. The zero-order valence-corrected chi connectivity index (χ0v) is 6.28. The second kappa shape index (κ2) is 2.89. The Morgan fingerprint density at radius 1 is 1.23 bits per heavy atom. The molecule has 0 bridgehead atoms. The number of nitrogens with zero attached hydrogens (tertiary/aromatic N) is 4. The Hall–Kier alpha value is -1.85. The van der Waals surface area contributed by atoms with Crippen LogP contribution in [0.15, 0.2) is 18.2 Å². The van der Waals surface area contributed by atoms with Gasteiger partial charge in [-0.15, -0.1) is 5.10 Å². The van der Waals surface area contributed by atoms with Crippen LogP contribution in [0.2, 0.25) is 0 Å². The van der Waals surface area contributed by atoms with Crippen LogP contribution in [0.1, 0.15) is 0 Å². The molecule has 2 rings (SSSR count). The first-order valence-electron chi connectivity index (χ1n) is 3.39. The van der Waals surface area contributed by atoms with Gasteiger partial charge in [-0.3, -0.25) is 0 Å². The minimum absolute atomic E-state index is 0.323. The normalized spacial score (nSPS) is 10.3. The molecule has 0 amide bonds. The van der Waals surface area contributed by atoms with Crippen molar-refractivity contribution in [2.45, 2.75) is 0 Å². The van der Waals surface area contributed by atoms with E-state index in [0.29, 0.717) is 5.69 Å². The summed E-state index contributed by atoms with van der Waals surface area (Å²) in [6.07, 6.45) is 2.36. The maximum Gasteiger partial charge on any atom is 0.226 e. The minimum Gasteiger partial charge on any atom is -0.204 e. The monoisotopic (exact) mass is 181 g/mol.